The topological polar surface area (TPSA) is 41.1 Å². The largest absolute Gasteiger partial charge is 0.354 e. The number of hydrogen-bond donors (Lipinski definition) is 2. The standard InChI is InChI=1S/C15H22N2OS2.ClH/c18-14(12-9-19-11-17-12)16-10-15(6-2-1-3-7-15)13-5-4-8-20-13;/h4-5,8,12,17H,1-3,6-7,9-11H2,(H,16,18);1H. The minimum absolute atomic E-state index is 0. The minimum Gasteiger partial charge on any atom is -0.354 e. The van der Waals surface area contributed by atoms with Crippen LogP contribution in [0.25, 0.3) is 0 Å². The van der Waals surface area contributed by atoms with Crippen molar-refractivity contribution in [3.8, 4) is 0 Å². The summed E-state index contributed by atoms with van der Waals surface area (Å²) in [4.78, 5) is 13.7. The third-order valence-electron chi connectivity index (χ3n) is 4.49. The first kappa shape index (κ1) is 17.1. The molecule has 1 amide bonds. The molecule has 1 aromatic rings. The quantitative estimate of drug-likeness (QED) is 0.880. The van der Waals surface area contributed by atoms with Crippen molar-refractivity contribution >= 4 is 41.4 Å². The van der Waals surface area contributed by atoms with Crippen LogP contribution < -0.4 is 10.6 Å². The van der Waals surface area contributed by atoms with Gasteiger partial charge in [0.1, 0.15) is 0 Å². The van der Waals surface area contributed by atoms with Gasteiger partial charge >= 0.3 is 0 Å². The number of carbonyl (C=O) groups excluding carboxylic acids is 1. The first-order chi connectivity index (χ1) is 9.80. The monoisotopic (exact) mass is 346 g/mol. The van der Waals surface area contributed by atoms with Crippen LogP contribution >= 0.6 is 35.5 Å². The Morgan fingerprint density at radius 2 is 2.19 bits per heavy atom. The summed E-state index contributed by atoms with van der Waals surface area (Å²) >= 11 is 3.64. The van der Waals surface area contributed by atoms with E-state index in [0.717, 1.165) is 18.2 Å². The molecule has 1 saturated heterocycles. The van der Waals surface area contributed by atoms with Crippen LogP contribution in [0.3, 0.4) is 0 Å². The van der Waals surface area contributed by atoms with Crippen molar-refractivity contribution in [3.63, 3.8) is 0 Å². The van der Waals surface area contributed by atoms with Crippen molar-refractivity contribution in [3.05, 3.63) is 22.4 Å². The molecule has 3 nitrogen and oxygen atoms in total. The highest BCUT2D eigenvalue weighted by molar-refractivity contribution is 7.99. The fourth-order valence-corrected chi connectivity index (χ4v) is 5.19. The zero-order chi connectivity index (χ0) is 13.8. The molecule has 0 bridgehead atoms. The van der Waals surface area contributed by atoms with Crippen LogP contribution in [0, 0.1) is 0 Å². The summed E-state index contributed by atoms with van der Waals surface area (Å²) in [6.45, 7) is 0.801. The van der Waals surface area contributed by atoms with Crippen LogP contribution in [0.4, 0.5) is 0 Å². The summed E-state index contributed by atoms with van der Waals surface area (Å²) in [6, 6.07) is 4.38. The lowest BCUT2D eigenvalue weighted by Crippen LogP contribution is -2.48. The summed E-state index contributed by atoms with van der Waals surface area (Å²) in [5, 5.41) is 8.62. The summed E-state index contributed by atoms with van der Waals surface area (Å²) in [7, 11) is 0. The van der Waals surface area contributed by atoms with E-state index in [1.165, 1.54) is 37.0 Å². The Kier molecular flexibility index (Phi) is 6.41. The van der Waals surface area contributed by atoms with E-state index in [0.29, 0.717) is 0 Å². The van der Waals surface area contributed by atoms with Gasteiger partial charge in [0.2, 0.25) is 5.91 Å². The molecule has 0 spiro atoms. The fourth-order valence-electron chi connectivity index (χ4n) is 3.26. The van der Waals surface area contributed by atoms with Crippen LogP contribution in [0.5, 0.6) is 0 Å². The molecule has 2 heterocycles. The lowest BCUT2D eigenvalue weighted by atomic mass is 9.73. The smallest absolute Gasteiger partial charge is 0.238 e. The number of carbonyl (C=O) groups is 1. The van der Waals surface area contributed by atoms with Gasteiger partial charge in [0, 0.05) is 28.5 Å². The van der Waals surface area contributed by atoms with E-state index in [-0.39, 0.29) is 29.8 Å². The molecule has 1 aromatic heterocycles. The highest BCUT2D eigenvalue weighted by atomic mass is 35.5. The Morgan fingerprint density at radius 1 is 1.38 bits per heavy atom. The van der Waals surface area contributed by atoms with Crippen molar-refractivity contribution in [2.45, 2.75) is 43.6 Å². The maximum Gasteiger partial charge on any atom is 0.238 e. The molecule has 0 aromatic carbocycles. The van der Waals surface area contributed by atoms with E-state index in [4.69, 9.17) is 0 Å². The van der Waals surface area contributed by atoms with E-state index < -0.39 is 0 Å². The second-order valence-electron chi connectivity index (χ2n) is 5.81. The molecule has 0 radical (unpaired) electrons. The molecule has 2 N–H and O–H groups in total. The Hall–Kier alpha value is -0.230. The average molecular weight is 347 g/mol. The summed E-state index contributed by atoms with van der Waals surface area (Å²) in [5.74, 6) is 1.97. The van der Waals surface area contributed by atoms with Gasteiger partial charge in [0.15, 0.2) is 0 Å². The number of thiophene rings is 1. The normalized spacial score (nSPS) is 24.3. The van der Waals surface area contributed by atoms with Crippen molar-refractivity contribution in [2.24, 2.45) is 0 Å². The van der Waals surface area contributed by atoms with Gasteiger partial charge in [-0.15, -0.1) is 35.5 Å². The van der Waals surface area contributed by atoms with Gasteiger partial charge in [-0.25, -0.2) is 0 Å². The summed E-state index contributed by atoms with van der Waals surface area (Å²) < 4.78 is 0. The maximum absolute atomic E-state index is 12.2. The first-order valence-corrected chi connectivity index (χ1v) is 9.46. The molecule has 1 saturated carbocycles. The predicted octanol–water partition coefficient (Wildman–Crippen LogP) is 3.15. The highest BCUT2D eigenvalue weighted by Crippen LogP contribution is 2.41. The molecule has 118 valence electrons. The van der Waals surface area contributed by atoms with Crippen molar-refractivity contribution < 1.29 is 4.79 Å². The fraction of sp³-hybridized carbons (Fsp3) is 0.667. The minimum atomic E-state index is 0. The van der Waals surface area contributed by atoms with Gasteiger partial charge in [0.25, 0.3) is 0 Å². The number of halogens is 1. The molecule has 2 fully saturated rings. The van der Waals surface area contributed by atoms with Gasteiger partial charge < -0.3 is 5.32 Å². The molecule has 2 aliphatic rings. The molecule has 1 atom stereocenters. The van der Waals surface area contributed by atoms with Crippen molar-refractivity contribution in [1.82, 2.24) is 10.6 Å². The van der Waals surface area contributed by atoms with E-state index >= 15 is 0 Å². The average Bonchev–Trinajstić information content (AvgIpc) is 3.18. The van der Waals surface area contributed by atoms with E-state index in [9.17, 15) is 4.79 Å². The van der Waals surface area contributed by atoms with Gasteiger partial charge in [0.05, 0.1) is 6.04 Å². The zero-order valence-electron chi connectivity index (χ0n) is 12.1. The number of amides is 1. The Bertz CT molecular complexity index is 441. The van der Waals surface area contributed by atoms with Crippen molar-refractivity contribution in [2.75, 3.05) is 18.2 Å². The van der Waals surface area contributed by atoms with Gasteiger partial charge in [-0.05, 0) is 24.3 Å². The second-order valence-corrected chi connectivity index (χ2v) is 7.79. The Morgan fingerprint density at radius 3 is 2.81 bits per heavy atom. The lowest BCUT2D eigenvalue weighted by molar-refractivity contribution is -0.122. The van der Waals surface area contributed by atoms with Gasteiger partial charge in [-0.2, -0.15) is 0 Å². The third-order valence-corrected chi connectivity index (χ3v) is 6.54. The SMILES string of the molecule is Cl.O=C(NCC1(c2cccs2)CCCCC1)C1CSCN1. The molecular weight excluding hydrogens is 324 g/mol. The number of thioether (sulfide) groups is 1. The molecule has 21 heavy (non-hydrogen) atoms. The van der Waals surface area contributed by atoms with Crippen LogP contribution in [0.15, 0.2) is 17.5 Å². The molecule has 1 aliphatic carbocycles. The molecular formula is C15H23ClN2OS2. The van der Waals surface area contributed by atoms with Crippen molar-refractivity contribution in [1.29, 1.82) is 0 Å². The first-order valence-electron chi connectivity index (χ1n) is 7.43. The molecule has 3 rings (SSSR count). The van der Waals surface area contributed by atoms with Gasteiger partial charge in [-0.1, -0.05) is 25.3 Å². The molecule has 6 heteroatoms. The van der Waals surface area contributed by atoms with Crippen LogP contribution in [0.2, 0.25) is 0 Å². The maximum atomic E-state index is 12.2. The van der Waals surface area contributed by atoms with Gasteiger partial charge in [-0.3, -0.25) is 10.1 Å². The highest BCUT2D eigenvalue weighted by Gasteiger charge is 2.36. The van der Waals surface area contributed by atoms with Crippen LogP contribution in [-0.4, -0.2) is 30.1 Å². The van der Waals surface area contributed by atoms with E-state index in [1.807, 2.05) is 11.3 Å². The number of hydrogen-bond acceptors (Lipinski definition) is 4. The van der Waals surface area contributed by atoms with Crippen LogP contribution in [-0.2, 0) is 10.2 Å². The van der Waals surface area contributed by atoms with E-state index in [2.05, 4.69) is 28.1 Å². The lowest BCUT2D eigenvalue weighted by Gasteiger charge is -2.37. The molecule has 1 unspecified atom stereocenters. The van der Waals surface area contributed by atoms with E-state index in [1.54, 1.807) is 11.8 Å². The molecule has 1 aliphatic heterocycles. The zero-order valence-corrected chi connectivity index (χ0v) is 14.5. The third kappa shape index (κ3) is 3.95. The second kappa shape index (κ2) is 7.86. The predicted molar refractivity (Wildman–Crippen MR) is 93.6 cm³/mol. The Balaban J connectivity index is 0.00000161. The summed E-state index contributed by atoms with van der Waals surface area (Å²) in [5.41, 5.74) is 0.188. The number of rotatable bonds is 4. The summed E-state index contributed by atoms with van der Waals surface area (Å²) in [6.07, 6.45) is 6.32. The number of nitrogens with one attached hydrogen (secondary N) is 2. The van der Waals surface area contributed by atoms with Crippen LogP contribution in [0.1, 0.15) is 37.0 Å². The Labute approximate surface area is 141 Å².